The molecule has 3 N–H and O–H groups in total. The van der Waals surface area contributed by atoms with Crippen molar-refractivity contribution in [2.45, 2.75) is 36.0 Å². The van der Waals surface area contributed by atoms with E-state index >= 15 is 0 Å². The molecule has 1 amide bonds. The summed E-state index contributed by atoms with van der Waals surface area (Å²) in [6.45, 7) is 3.02. The number of benzene rings is 1. The second kappa shape index (κ2) is 7.88. The predicted octanol–water partition coefficient (Wildman–Crippen LogP) is 2.07. The molecule has 0 heterocycles. The molecule has 0 fully saturated rings. The third-order valence-electron chi connectivity index (χ3n) is 3.17. The van der Waals surface area contributed by atoms with Crippen LogP contribution in [0.15, 0.2) is 29.2 Å². The van der Waals surface area contributed by atoms with E-state index in [1.165, 1.54) is 11.8 Å². The van der Waals surface area contributed by atoms with Crippen molar-refractivity contribution in [3.8, 4) is 0 Å². The maximum Gasteiger partial charge on any atom is 0.233 e. The predicted molar refractivity (Wildman–Crippen MR) is 82.1 cm³/mol. The maximum absolute atomic E-state index is 12.1. The quantitative estimate of drug-likeness (QED) is 0.673. The van der Waals surface area contributed by atoms with E-state index in [0.29, 0.717) is 11.4 Å². The Kier molecular flexibility index (Phi) is 6.82. The largest absolute Gasteiger partial charge is 0.394 e. The molecule has 0 aliphatic rings. The molecule has 20 heavy (non-hydrogen) atoms. The van der Waals surface area contributed by atoms with Gasteiger partial charge in [-0.3, -0.25) is 4.79 Å². The summed E-state index contributed by atoms with van der Waals surface area (Å²) in [5.41, 5.74) is -0.952. The number of carbonyl (C=O) groups excluding carboxylic acids is 1. The lowest BCUT2D eigenvalue weighted by Crippen LogP contribution is -2.55. The van der Waals surface area contributed by atoms with Gasteiger partial charge in [-0.05, 0) is 37.6 Å². The van der Waals surface area contributed by atoms with Crippen LogP contribution in [0.4, 0.5) is 0 Å². The Morgan fingerprint density at radius 2 is 1.90 bits per heavy atom. The Bertz CT molecular complexity index is 426. The van der Waals surface area contributed by atoms with E-state index < -0.39 is 5.54 Å². The third kappa shape index (κ3) is 4.66. The first-order valence-electron chi connectivity index (χ1n) is 6.42. The molecular weight excluding hydrogens is 298 g/mol. The van der Waals surface area contributed by atoms with Gasteiger partial charge in [-0.15, -0.1) is 11.8 Å². The van der Waals surface area contributed by atoms with Crippen molar-refractivity contribution < 1.29 is 15.0 Å². The summed E-state index contributed by atoms with van der Waals surface area (Å²) in [5, 5.41) is 21.7. The zero-order valence-electron chi connectivity index (χ0n) is 11.6. The van der Waals surface area contributed by atoms with E-state index in [0.717, 1.165) is 4.90 Å². The SMILES string of the molecule is CCC(CO)(CO)NC(=O)C(C)Sc1ccc(Cl)cc1. The van der Waals surface area contributed by atoms with Gasteiger partial charge in [0.2, 0.25) is 5.91 Å². The number of aliphatic hydroxyl groups excluding tert-OH is 2. The number of rotatable bonds is 7. The summed E-state index contributed by atoms with van der Waals surface area (Å²) < 4.78 is 0. The van der Waals surface area contributed by atoms with Crippen molar-refractivity contribution in [2.75, 3.05) is 13.2 Å². The van der Waals surface area contributed by atoms with E-state index in [1.54, 1.807) is 19.1 Å². The molecule has 0 aromatic heterocycles. The monoisotopic (exact) mass is 317 g/mol. The lowest BCUT2D eigenvalue weighted by atomic mass is 9.98. The number of hydrogen-bond donors (Lipinski definition) is 3. The molecule has 4 nitrogen and oxygen atoms in total. The molecule has 112 valence electrons. The zero-order chi connectivity index (χ0) is 15.2. The average molecular weight is 318 g/mol. The van der Waals surface area contributed by atoms with Crippen molar-refractivity contribution in [2.24, 2.45) is 0 Å². The van der Waals surface area contributed by atoms with Crippen LogP contribution in [0.1, 0.15) is 20.3 Å². The lowest BCUT2D eigenvalue weighted by molar-refractivity contribution is -0.123. The number of halogens is 1. The van der Waals surface area contributed by atoms with Gasteiger partial charge in [0.1, 0.15) is 0 Å². The minimum absolute atomic E-state index is 0.213. The fourth-order valence-corrected chi connectivity index (χ4v) is 2.57. The van der Waals surface area contributed by atoms with Crippen LogP contribution in [0.3, 0.4) is 0 Å². The van der Waals surface area contributed by atoms with Gasteiger partial charge in [-0.25, -0.2) is 0 Å². The summed E-state index contributed by atoms with van der Waals surface area (Å²) in [6, 6.07) is 7.24. The summed E-state index contributed by atoms with van der Waals surface area (Å²) in [5.74, 6) is -0.213. The maximum atomic E-state index is 12.1. The van der Waals surface area contributed by atoms with Crippen LogP contribution in [0.5, 0.6) is 0 Å². The Morgan fingerprint density at radius 1 is 1.35 bits per heavy atom. The van der Waals surface area contributed by atoms with Crippen LogP contribution >= 0.6 is 23.4 Å². The van der Waals surface area contributed by atoms with Crippen molar-refractivity contribution in [1.29, 1.82) is 0 Å². The lowest BCUT2D eigenvalue weighted by Gasteiger charge is -2.30. The highest BCUT2D eigenvalue weighted by Crippen LogP contribution is 2.25. The molecule has 0 saturated heterocycles. The molecule has 0 spiro atoms. The van der Waals surface area contributed by atoms with Gasteiger partial charge >= 0.3 is 0 Å². The number of thioether (sulfide) groups is 1. The molecule has 6 heteroatoms. The van der Waals surface area contributed by atoms with Crippen molar-refractivity contribution in [3.63, 3.8) is 0 Å². The molecule has 0 saturated carbocycles. The first kappa shape index (κ1) is 17.3. The second-order valence-corrected chi connectivity index (χ2v) is 6.50. The third-order valence-corrected chi connectivity index (χ3v) is 4.53. The Hall–Kier alpha value is -0.750. The number of nitrogens with one attached hydrogen (secondary N) is 1. The van der Waals surface area contributed by atoms with E-state index in [-0.39, 0.29) is 24.4 Å². The molecule has 0 aliphatic heterocycles. The molecule has 1 unspecified atom stereocenters. The second-order valence-electron chi connectivity index (χ2n) is 4.65. The van der Waals surface area contributed by atoms with Gasteiger partial charge in [0, 0.05) is 9.92 Å². The van der Waals surface area contributed by atoms with E-state index in [9.17, 15) is 15.0 Å². The standard InChI is InChI=1S/C14H20ClNO3S/c1-3-14(8-17,9-18)16-13(19)10(2)20-12-6-4-11(15)5-7-12/h4-7,10,17-18H,3,8-9H2,1-2H3,(H,16,19). The number of hydrogen-bond acceptors (Lipinski definition) is 4. The van der Waals surface area contributed by atoms with Gasteiger partial charge in [0.05, 0.1) is 24.0 Å². The molecule has 0 radical (unpaired) electrons. The van der Waals surface area contributed by atoms with Crippen LogP contribution in [-0.2, 0) is 4.79 Å². The van der Waals surface area contributed by atoms with Gasteiger partial charge < -0.3 is 15.5 Å². The van der Waals surface area contributed by atoms with Gasteiger partial charge in [0.25, 0.3) is 0 Å². The fraction of sp³-hybridized carbons (Fsp3) is 0.500. The summed E-state index contributed by atoms with van der Waals surface area (Å²) >= 11 is 7.21. The first-order valence-corrected chi connectivity index (χ1v) is 7.68. The minimum Gasteiger partial charge on any atom is -0.394 e. The minimum atomic E-state index is -0.952. The first-order chi connectivity index (χ1) is 9.46. The highest BCUT2D eigenvalue weighted by molar-refractivity contribution is 8.00. The Labute approximate surface area is 128 Å². The Morgan fingerprint density at radius 3 is 2.35 bits per heavy atom. The van der Waals surface area contributed by atoms with Gasteiger partial charge in [-0.1, -0.05) is 18.5 Å². The smallest absolute Gasteiger partial charge is 0.233 e. The van der Waals surface area contributed by atoms with Crippen LogP contribution in [0, 0.1) is 0 Å². The molecular formula is C14H20ClNO3S. The molecule has 1 rings (SSSR count). The molecule has 1 atom stereocenters. The normalized spacial score (nSPS) is 13.1. The summed E-state index contributed by atoms with van der Waals surface area (Å²) in [6.07, 6.45) is 0.462. The molecule has 0 bridgehead atoms. The van der Waals surface area contributed by atoms with Crippen molar-refractivity contribution >= 4 is 29.3 Å². The van der Waals surface area contributed by atoms with Crippen LogP contribution < -0.4 is 5.32 Å². The molecule has 1 aromatic carbocycles. The van der Waals surface area contributed by atoms with Crippen LogP contribution in [0.25, 0.3) is 0 Å². The number of amides is 1. The highest BCUT2D eigenvalue weighted by atomic mass is 35.5. The zero-order valence-corrected chi connectivity index (χ0v) is 13.2. The van der Waals surface area contributed by atoms with E-state index in [1.807, 2.05) is 19.1 Å². The van der Waals surface area contributed by atoms with Crippen molar-refractivity contribution in [1.82, 2.24) is 5.32 Å². The number of carbonyl (C=O) groups is 1. The van der Waals surface area contributed by atoms with Gasteiger partial charge in [0.15, 0.2) is 0 Å². The topological polar surface area (TPSA) is 69.6 Å². The summed E-state index contributed by atoms with van der Waals surface area (Å²) in [4.78, 5) is 13.1. The van der Waals surface area contributed by atoms with E-state index in [4.69, 9.17) is 11.6 Å². The molecule has 1 aromatic rings. The number of aliphatic hydroxyl groups is 2. The van der Waals surface area contributed by atoms with E-state index in [2.05, 4.69) is 5.32 Å². The Balaban J connectivity index is 2.65. The van der Waals surface area contributed by atoms with Crippen LogP contribution in [0.2, 0.25) is 5.02 Å². The fourth-order valence-electron chi connectivity index (χ4n) is 1.57. The van der Waals surface area contributed by atoms with Crippen LogP contribution in [-0.4, -0.2) is 40.1 Å². The average Bonchev–Trinajstić information content (AvgIpc) is 2.47. The summed E-state index contributed by atoms with van der Waals surface area (Å²) in [7, 11) is 0. The highest BCUT2D eigenvalue weighted by Gasteiger charge is 2.30. The van der Waals surface area contributed by atoms with Gasteiger partial charge in [-0.2, -0.15) is 0 Å². The molecule has 0 aliphatic carbocycles. The van der Waals surface area contributed by atoms with Crippen molar-refractivity contribution in [3.05, 3.63) is 29.3 Å².